The first-order valence-corrected chi connectivity index (χ1v) is 6.29. The van der Waals surface area contributed by atoms with Gasteiger partial charge < -0.3 is 16.2 Å². The van der Waals surface area contributed by atoms with Gasteiger partial charge in [0.25, 0.3) is 0 Å². The second-order valence-electron chi connectivity index (χ2n) is 4.88. The van der Waals surface area contributed by atoms with E-state index in [1.54, 1.807) is 13.1 Å². The zero-order chi connectivity index (χ0) is 14.6. The topological polar surface area (TPSA) is 93.2 Å². The van der Waals surface area contributed by atoms with Crippen LogP contribution < -0.4 is 11.1 Å². The molecule has 1 atom stereocenters. The number of aliphatic hydroxyl groups is 1. The fourth-order valence-electron chi connectivity index (χ4n) is 1.97. The Labute approximate surface area is 117 Å². The highest BCUT2D eigenvalue weighted by atomic mass is 16.3. The number of aliphatic hydroxyl groups excluding tert-OH is 1. The molecule has 2 rings (SSSR count). The first-order valence-electron chi connectivity index (χ1n) is 6.29. The van der Waals surface area contributed by atoms with E-state index in [2.05, 4.69) is 10.4 Å². The maximum absolute atomic E-state index is 12.0. The van der Waals surface area contributed by atoms with Crippen LogP contribution >= 0.6 is 0 Å². The zero-order valence-corrected chi connectivity index (χ0v) is 11.3. The predicted molar refractivity (Wildman–Crippen MR) is 75.7 cm³/mol. The molecule has 6 heteroatoms. The van der Waals surface area contributed by atoms with Gasteiger partial charge in [-0.15, -0.1) is 0 Å². The average molecular weight is 274 g/mol. The summed E-state index contributed by atoms with van der Waals surface area (Å²) < 4.78 is 1.45. The monoisotopic (exact) mass is 274 g/mol. The smallest absolute Gasteiger partial charge is 0.242 e. The second-order valence-corrected chi connectivity index (χ2v) is 4.88. The molecule has 0 saturated heterocycles. The van der Waals surface area contributed by atoms with E-state index in [-0.39, 0.29) is 19.1 Å². The number of anilines is 1. The highest BCUT2D eigenvalue weighted by Gasteiger charge is 2.27. The minimum Gasteiger partial charge on any atom is -0.396 e. The van der Waals surface area contributed by atoms with Gasteiger partial charge in [-0.05, 0) is 12.5 Å². The molecule has 0 saturated carbocycles. The average Bonchev–Trinajstić information content (AvgIpc) is 2.84. The Morgan fingerprint density at radius 1 is 1.45 bits per heavy atom. The van der Waals surface area contributed by atoms with E-state index in [0.717, 1.165) is 5.56 Å². The summed E-state index contributed by atoms with van der Waals surface area (Å²) in [6.45, 7) is 1.64. The van der Waals surface area contributed by atoms with E-state index in [1.165, 1.54) is 10.9 Å². The third kappa shape index (κ3) is 3.16. The number of amides is 1. The number of nitrogens with two attached hydrogens (primary N) is 1. The summed E-state index contributed by atoms with van der Waals surface area (Å²) in [4.78, 5) is 12.0. The maximum atomic E-state index is 12.0. The van der Waals surface area contributed by atoms with Crippen molar-refractivity contribution < 1.29 is 9.90 Å². The van der Waals surface area contributed by atoms with Gasteiger partial charge in [-0.3, -0.25) is 9.48 Å². The number of benzene rings is 1. The van der Waals surface area contributed by atoms with Crippen LogP contribution in [0.5, 0.6) is 0 Å². The minimum atomic E-state index is -0.822. The quantitative estimate of drug-likeness (QED) is 0.739. The van der Waals surface area contributed by atoms with Gasteiger partial charge in [0.2, 0.25) is 5.91 Å². The SMILES string of the molecule is CC(CO)(NC(=O)Cn1cc(N)cn1)c1ccccc1. The lowest BCUT2D eigenvalue weighted by molar-refractivity contribution is -0.124. The lowest BCUT2D eigenvalue weighted by Crippen LogP contribution is -2.47. The third-order valence-corrected chi connectivity index (χ3v) is 3.10. The summed E-state index contributed by atoms with van der Waals surface area (Å²) >= 11 is 0. The van der Waals surface area contributed by atoms with Crippen molar-refractivity contribution in [1.82, 2.24) is 15.1 Å². The van der Waals surface area contributed by atoms with Gasteiger partial charge in [-0.25, -0.2) is 0 Å². The molecule has 6 nitrogen and oxygen atoms in total. The Hall–Kier alpha value is -2.34. The highest BCUT2D eigenvalue weighted by molar-refractivity contribution is 5.76. The molecular formula is C14H18N4O2. The standard InChI is InChI=1S/C14H18N4O2/c1-14(10-19,11-5-3-2-4-6-11)17-13(20)9-18-8-12(15)7-16-18/h2-8,19H,9-10,15H2,1H3,(H,17,20). The van der Waals surface area contributed by atoms with Gasteiger partial charge in [0.15, 0.2) is 0 Å². The van der Waals surface area contributed by atoms with Gasteiger partial charge in [-0.1, -0.05) is 30.3 Å². The van der Waals surface area contributed by atoms with Crippen LogP contribution in [0.25, 0.3) is 0 Å². The molecule has 1 amide bonds. The summed E-state index contributed by atoms with van der Waals surface area (Å²) in [5, 5.41) is 16.4. The molecule has 20 heavy (non-hydrogen) atoms. The lowest BCUT2D eigenvalue weighted by Gasteiger charge is -2.29. The number of aromatic nitrogens is 2. The van der Waals surface area contributed by atoms with Crippen LogP contribution in [0.15, 0.2) is 42.7 Å². The Morgan fingerprint density at radius 3 is 2.70 bits per heavy atom. The molecule has 0 radical (unpaired) electrons. The molecule has 1 heterocycles. The van der Waals surface area contributed by atoms with Crippen molar-refractivity contribution in [3.05, 3.63) is 48.3 Å². The normalized spacial score (nSPS) is 13.7. The van der Waals surface area contributed by atoms with Crippen LogP contribution in [0.2, 0.25) is 0 Å². The van der Waals surface area contributed by atoms with Gasteiger partial charge in [-0.2, -0.15) is 5.10 Å². The van der Waals surface area contributed by atoms with Crippen molar-refractivity contribution >= 4 is 11.6 Å². The summed E-state index contributed by atoms with van der Waals surface area (Å²) in [6, 6.07) is 9.34. The zero-order valence-electron chi connectivity index (χ0n) is 11.3. The molecule has 4 N–H and O–H groups in total. The van der Waals surface area contributed by atoms with E-state index in [1.807, 2.05) is 30.3 Å². The number of hydrogen-bond donors (Lipinski definition) is 3. The van der Waals surface area contributed by atoms with Gasteiger partial charge >= 0.3 is 0 Å². The van der Waals surface area contributed by atoms with Crippen LogP contribution in [0.4, 0.5) is 5.69 Å². The number of nitrogens with one attached hydrogen (secondary N) is 1. The van der Waals surface area contributed by atoms with E-state index >= 15 is 0 Å². The largest absolute Gasteiger partial charge is 0.396 e. The fraction of sp³-hybridized carbons (Fsp3) is 0.286. The number of carbonyl (C=O) groups excluding carboxylic acids is 1. The Bertz CT molecular complexity index is 582. The molecule has 0 fully saturated rings. The molecule has 0 spiro atoms. The molecule has 1 aromatic carbocycles. The van der Waals surface area contributed by atoms with Crippen molar-refractivity contribution in [1.29, 1.82) is 0 Å². The maximum Gasteiger partial charge on any atom is 0.242 e. The molecule has 2 aromatic rings. The number of carbonyl (C=O) groups is 1. The first kappa shape index (κ1) is 14.1. The fourth-order valence-corrected chi connectivity index (χ4v) is 1.97. The van der Waals surface area contributed by atoms with E-state index in [4.69, 9.17) is 5.73 Å². The Balaban J connectivity index is 2.08. The molecule has 0 aliphatic carbocycles. The number of nitrogen functional groups attached to an aromatic ring is 1. The van der Waals surface area contributed by atoms with Gasteiger partial charge in [0.1, 0.15) is 6.54 Å². The van der Waals surface area contributed by atoms with Crippen molar-refractivity contribution in [2.45, 2.75) is 19.0 Å². The Kier molecular flexibility index (Phi) is 4.05. The highest BCUT2D eigenvalue weighted by Crippen LogP contribution is 2.19. The van der Waals surface area contributed by atoms with Crippen molar-refractivity contribution in [2.75, 3.05) is 12.3 Å². The second kappa shape index (κ2) is 5.75. The van der Waals surface area contributed by atoms with Gasteiger partial charge in [0.05, 0.1) is 24.0 Å². The predicted octanol–water partition coefficient (Wildman–Crippen LogP) is 0.489. The van der Waals surface area contributed by atoms with Gasteiger partial charge in [0, 0.05) is 6.20 Å². The van der Waals surface area contributed by atoms with E-state index in [9.17, 15) is 9.90 Å². The van der Waals surface area contributed by atoms with Crippen molar-refractivity contribution in [2.24, 2.45) is 0 Å². The van der Waals surface area contributed by atoms with E-state index in [0.29, 0.717) is 5.69 Å². The summed E-state index contributed by atoms with van der Waals surface area (Å²) in [5.41, 5.74) is 6.07. The van der Waals surface area contributed by atoms with Crippen LogP contribution in [0.3, 0.4) is 0 Å². The number of nitrogens with zero attached hydrogens (tertiary/aromatic N) is 2. The summed E-state index contributed by atoms with van der Waals surface area (Å²) in [5.74, 6) is -0.242. The minimum absolute atomic E-state index is 0.0552. The van der Waals surface area contributed by atoms with Crippen LogP contribution in [0.1, 0.15) is 12.5 Å². The summed E-state index contributed by atoms with van der Waals surface area (Å²) in [6.07, 6.45) is 3.06. The Morgan fingerprint density at radius 2 is 2.15 bits per heavy atom. The molecule has 0 bridgehead atoms. The molecular weight excluding hydrogens is 256 g/mol. The van der Waals surface area contributed by atoms with Crippen LogP contribution in [-0.4, -0.2) is 27.4 Å². The molecule has 106 valence electrons. The van der Waals surface area contributed by atoms with Crippen LogP contribution in [-0.2, 0) is 16.9 Å². The number of hydrogen-bond acceptors (Lipinski definition) is 4. The molecule has 0 aliphatic heterocycles. The molecule has 1 aromatic heterocycles. The lowest BCUT2D eigenvalue weighted by atomic mass is 9.93. The summed E-state index contributed by atoms with van der Waals surface area (Å²) in [7, 11) is 0. The molecule has 0 aliphatic rings. The number of rotatable bonds is 5. The molecule has 1 unspecified atom stereocenters. The van der Waals surface area contributed by atoms with Crippen LogP contribution in [0, 0.1) is 0 Å². The van der Waals surface area contributed by atoms with Crippen molar-refractivity contribution in [3.63, 3.8) is 0 Å². The first-order chi connectivity index (χ1) is 9.53. The third-order valence-electron chi connectivity index (χ3n) is 3.10. The van der Waals surface area contributed by atoms with Crippen molar-refractivity contribution in [3.8, 4) is 0 Å². The van der Waals surface area contributed by atoms with E-state index < -0.39 is 5.54 Å².